The van der Waals surface area contributed by atoms with Crippen molar-refractivity contribution in [1.29, 1.82) is 0 Å². The molecule has 2 N–H and O–H groups in total. The maximum atomic E-state index is 5.72. The van der Waals surface area contributed by atoms with Crippen LogP contribution in [0.2, 0.25) is 0 Å². The highest BCUT2D eigenvalue weighted by Crippen LogP contribution is 2.32. The number of halogens is 1. The zero-order valence-corrected chi connectivity index (χ0v) is 17.3. The molecule has 0 spiro atoms. The summed E-state index contributed by atoms with van der Waals surface area (Å²) in [5, 5.41) is 6.51. The fourth-order valence-corrected chi connectivity index (χ4v) is 2.50. The van der Waals surface area contributed by atoms with E-state index in [1.807, 2.05) is 49.4 Å². The summed E-state index contributed by atoms with van der Waals surface area (Å²) in [4.78, 5) is 4.22. The molecule has 6 nitrogen and oxygen atoms in total. The maximum Gasteiger partial charge on any atom is 0.231 e. The van der Waals surface area contributed by atoms with Gasteiger partial charge in [-0.1, -0.05) is 18.2 Å². The van der Waals surface area contributed by atoms with Gasteiger partial charge in [0.2, 0.25) is 6.79 Å². The molecule has 1 aliphatic rings. The first-order chi connectivity index (χ1) is 12.2. The van der Waals surface area contributed by atoms with Gasteiger partial charge in [-0.3, -0.25) is 4.99 Å². The molecular formula is C19H24IN3O3. The predicted molar refractivity (Wildman–Crippen MR) is 113 cm³/mol. The second-order valence-electron chi connectivity index (χ2n) is 5.71. The molecule has 0 unspecified atom stereocenters. The number of nitrogens with zero attached hydrogens (tertiary/aromatic N) is 1. The van der Waals surface area contributed by atoms with E-state index in [-0.39, 0.29) is 30.8 Å². The van der Waals surface area contributed by atoms with Crippen molar-refractivity contribution in [2.24, 2.45) is 4.99 Å². The minimum atomic E-state index is 0. The number of hydrogen-bond acceptors (Lipinski definition) is 4. The van der Waals surface area contributed by atoms with Crippen molar-refractivity contribution in [2.45, 2.75) is 13.5 Å². The van der Waals surface area contributed by atoms with Gasteiger partial charge in [-0.2, -0.15) is 0 Å². The molecule has 1 aliphatic heterocycles. The van der Waals surface area contributed by atoms with Crippen LogP contribution in [-0.2, 0) is 6.54 Å². The number of benzene rings is 2. The zero-order valence-electron chi connectivity index (χ0n) is 15.0. The van der Waals surface area contributed by atoms with Crippen LogP contribution in [0.25, 0.3) is 0 Å². The molecule has 2 aromatic carbocycles. The molecule has 7 heteroatoms. The molecule has 140 valence electrons. The molecule has 26 heavy (non-hydrogen) atoms. The monoisotopic (exact) mass is 469 g/mol. The number of hydrogen-bond donors (Lipinski definition) is 2. The van der Waals surface area contributed by atoms with Crippen LogP contribution in [-0.4, -0.2) is 33.0 Å². The molecule has 0 aromatic heterocycles. The molecule has 2 aromatic rings. The van der Waals surface area contributed by atoms with Crippen molar-refractivity contribution >= 4 is 29.9 Å². The second kappa shape index (κ2) is 10.1. The Kier molecular flexibility index (Phi) is 7.83. The Hall–Kier alpha value is -2.16. The van der Waals surface area contributed by atoms with Gasteiger partial charge in [0.1, 0.15) is 12.4 Å². The number of rotatable bonds is 6. The number of nitrogens with one attached hydrogen (secondary N) is 2. The summed E-state index contributed by atoms with van der Waals surface area (Å²) >= 11 is 0. The largest absolute Gasteiger partial charge is 0.492 e. The van der Waals surface area contributed by atoms with E-state index in [1.54, 1.807) is 7.05 Å². The molecule has 3 rings (SSSR count). The molecule has 0 aliphatic carbocycles. The average molecular weight is 469 g/mol. The van der Waals surface area contributed by atoms with Crippen LogP contribution in [0.5, 0.6) is 17.2 Å². The van der Waals surface area contributed by atoms with Crippen molar-refractivity contribution in [3.05, 3.63) is 53.6 Å². The van der Waals surface area contributed by atoms with Gasteiger partial charge in [0, 0.05) is 13.6 Å². The highest BCUT2D eigenvalue weighted by Gasteiger charge is 2.13. The third-order valence-corrected chi connectivity index (χ3v) is 3.77. The van der Waals surface area contributed by atoms with Gasteiger partial charge in [0.15, 0.2) is 17.5 Å². The van der Waals surface area contributed by atoms with E-state index in [4.69, 9.17) is 14.2 Å². The Bertz CT molecular complexity index is 753. The molecule has 0 amide bonds. The molecular weight excluding hydrogens is 445 g/mol. The molecule has 1 heterocycles. The van der Waals surface area contributed by atoms with Crippen molar-refractivity contribution in [3.63, 3.8) is 0 Å². The fourth-order valence-electron chi connectivity index (χ4n) is 2.50. The van der Waals surface area contributed by atoms with Gasteiger partial charge in [-0.25, -0.2) is 0 Å². The lowest BCUT2D eigenvalue weighted by molar-refractivity contribution is 0.174. The summed E-state index contributed by atoms with van der Waals surface area (Å²) in [6, 6.07) is 13.9. The lowest BCUT2D eigenvalue weighted by Gasteiger charge is -2.13. The standard InChI is InChI=1S/C19H23N3O3.HI/c1-14-4-3-5-16(10-14)23-9-8-21-19(20-2)22-12-15-6-7-17-18(11-15)25-13-24-17;/h3-7,10-11H,8-9,12-13H2,1-2H3,(H2,20,21,22);1H. The smallest absolute Gasteiger partial charge is 0.231 e. The number of aryl methyl sites for hydroxylation is 1. The number of ether oxygens (including phenoxy) is 3. The first-order valence-corrected chi connectivity index (χ1v) is 8.27. The minimum Gasteiger partial charge on any atom is -0.492 e. The highest BCUT2D eigenvalue weighted by atomic mass is 127. The Balaban J connectivity index is 0.00000243. The second-order valence-corrected chi connectivity index (χ2v) is 5.71. The summed E-state index contributed by atoms with van der Waals surface area (Å²) < 4.78 is 16.4. The molecule has 0 atom stereocenters. The Labute approximate surface area is 171 Å². The summed E-state index contributed by atoms with van der Waals surface area (Å²) in [7, 11) is 1.75. The fraction of sp³-hybridized carbons (Fsp3) is 0.316. The number of guanidine groups is 1. The molecule has 0 saturated heterocycles. The first-order valence-electron chi connectivity index (χ1n) is 8.27. The summed E-state index contributed by atoms with van der Waals surface area (Å²) in [6.45, 7) is 4.21. The quantitative estimate of drug-likeness (QED) is 0.295. The summed E-state index contributed by atoms with van der Waals surface area (Å²) in [5.41, 5.74) is 2.29. The van der Waals surface area contributed by atoms with E-state index in [2.05, 4.69) is 15.6 Å². The Morgan fingerprint density at radius 1 is 1.12 bits per heavy atom. The van der Waals surface area contributed by atoms with Crippen molar-refractivity contribution < 1.29 is 14.2 Å². The van der Waals surface area contributed by atoms with E-state index in [0.29, 0.717) is 19.7 Å². The van der Waals surface area contributed by atoms with Gasteiger partial charge in [0.05, 0.1) is 6.54 Å². The lowest BCUT2D eigenvalue weighted by Crippen LogP contribution is -2.38. The minimum absolute atomic E-state index is 0. The molecule has 0 radical (unpaired) electrons. The van der Waals surface area contributed by atoms with Crippen molar-refractivity contribution in [3.8, 4) is 17.2 Å². The predicted octanol–water partition coefficient (Wildman–Crippen LogP) is 3.09. The number of fused-ring (bicyclic) bond motifs is 1. The van der Waals surface area contributed by atoms with Gasteiger partial charge in [-0.05, 0) is 42.3 Å². The third-order valence-electron chi connectivity index (χ3n) is 3.77. The first kappa shape index (κ1) is 20.2. The zero-order chi connectivity index (χ0) is 17.5. The summed E-state index contributed by atoms with van der Waals surface area (Å²) in [5.74, 6) is 3.18. The molecule has 0 bridgehead atoms. The Morgan fingerprint density at radius 3 is 2.77 bits per heavy atom. The maximum absolute atomic E-state index is 5.72. The van der Waals surface area contributed by atoms with Crippen LogP contribution >= 0.6 is 24.0 Å². The number of aliphatic imine (C=N–C) groups is 1. The third kappa shape index (κ3) is 5.69. The lowest BCUT2D eigenvalue weighted by atomic mass is 10.2. The van der Waals surface area contributed by atoms with Crippen LogP contribution in [0.15, 0.2) is 47.5 Å². The summed E-state index contributed by atoms with van der Waals surface area (Å²) in [6.07, 6.45) is 0. The van der Waals surface area contributed by atoms with Crippen LogP contribution in [0, 0.1) is 6.92 Å². The van der Waals surface area contributed by atoms with Gasteiger partial charge < -0.3 is 24.8 Å². The van der Waals surface area contributed by atoms with Crippen LogP contribution < -0.4 is 24.8 Å². The van der Waals surface area contributed by atoms with E-state index < -0.39 is 0 Å². The van der Waals surface area contributed by atoms with E-state index in [0.717, 1.165) is 28.8 Å². The molecule has 0 saturated carbocycles. The van der Waals surface area contributed by atoms with Gasteiger partial charge in [0.25, 0.3) is 0 Å². The van der Waals surface area contributed by atoms with Gasteiger partial charge >= 0.3 is 0 Å². The normalized spacial score (nSPS) is 12.3. The van der Waals surface area contributed by atoms with Crippen molar-refractivity contribution in [1.82, 2.24) is 10.6 Å². The average Bonchev–Trinajstić information content (AvgIpc) is 3.09. The van der Waals surface area contributed by atoms with Crippen molar-refractivity contribution in [2.75, 3.05) is 27.0 Å². The SMILES string of the molecule is CN=C(NCCOc1cccc(C)c1)NCc1ccc2c(c1)OCO2.I. The van der Waals surface area contributed by atoms with E-state index >= 15 is 0 Å². The van der Waals surface area contributed by atoms with Crippen LogP contribution in [0.1, 0.15) is 11.1 Å². The van der Waals surface area contributed by atoms with Gasteiger partial charge in [-0.15, -0.1) is 24.0 Å². The highest BCUT2D eigenvalue weighted by molar-refractivity contribution is 14.0. The topological polar surface area (TPSA) is 64.1 Å². The van der Waals surface area contributed by atoms with Crippen LogP contribution in [0.3, 0.4) is 0 Å². The Morgan fingerprint density at radius 2 is 1.96 bits per heavy atom. The molecule has 0 fully saturated rings. The van der Waals surface area contributed by atoms with E-state index in [1.165, 1.54) is 5.56 Å². The van der Waals surface area contributed by atoms with E-state index in [9.17, 15) is 0 Å². The van der Waals surface area contributed by atoms with Crippen LogP contribution in [0.4, 0.5) is 0 Å².